The van der Waals surface area contributed by atoms with Gasteiger partial charge in [-0.25, -0.2) is 4.39 Å². The predicted molar refractivity (Wildman–Crippen MR) is 62.6 cm³/mol. The van der Waals surface area contributed by atoms with Gasteiger partial charge in [0.15, 0.2) is 0 Å². The van der Waals surface area contributed by atoms with Gasteiger partial charge in [-0.05, 0) is 12.1 Å². The Bertz CT molecular complexity index is 386. The summed E-state index contributed by atoms with van der Waals surface area (Å²) in [7, 11) is 0. The maximum atomic E-state index is 12.8. The van der Waals surface area contributed by atoms with Gasteiger partial charge in [0.25, 0.3) is 0 Å². The number of aliphatic hydroxyl groups is 2. The Labute approximate surface area is 104 Å². The average molecular weight is 257 g/mol. The van der Waals surface area contributed by atoms with Crippen molar-refractivity contribution in [1.82, 2.24) is 5.32 Å². The van der Waals surface area contributed by atoms with E-state index < -0.39 is 18.5 Å². The number of halogens is 1. The summed E-state index contributed by atoms with van der Waals surface area (Å²) in [4.78, 5) is 11.3. The second-order valence-electron chi connectivity index (χ2n) is 3.70. The molecule has 0 aliphatic rings. The first-order chi connectivity index (χ1) is 8.61. The van der Waals surface area contributed by atoms with Crippen LogP contribution in [0.1, 0.15) is 6.42 Å². The molecule has 1 atom stereocenters. The van der Waals surface area contributed by atoms with E-state index in [9.17, 15) is 9.18 Å². The molecule has 1 aromatic carbocycles. The van der Waals surface area contributed by atoms with Crippen LogP contribution in [0.2, 0.25) is 0 Å². The van der Waals surface area contributed by atoms with E-state index in [2.05, 4.69) is 5.32 Å². The molecular weight excluding hydrogens is 241 g/mol. The zero-order valence-electron chi connectivity index (χ0n) is 9.80. The minimum Gasteiger partial charge on any atom is -0.493 e. The van der Waals surface area contributed by atoms with Crippen LogP contribution in [0.5, 0.6) is 5.75 Å². The number of carbonyl (C=O) groups excluding carboxylic acids is 1. The zero-order valence-corrected chi connectivity index (χ0v) is 9.80. The minimum absolute atomic E-state index is 0.00466. The second-order valence-corrected chi connectivity index (χ2v) is 3.70. The van der Waals surface area contributed by atoms with Gasteiger partial charge in [-0.3, -0.25) is 4.79 Å². The van der Waals surface area contributed by atoms with E-state index in [0.29, 0.717) is 5.75 Å². The summed E-state index contributed by atoms with van der Waals surface area (Å²) < 4.78 is 18.0. The molecule has 1 rings (SSSR count). The van der Waals surface area contributed by atoms with Gasteiger partial charge in [0.2, 0.25) is 5.91 Å². The van der Waals surface area contributed by atoms with Crippen molar-refractivity contribution in [3.05, 3.63) is 30.1 Å². The monoisotopic (exact) mass is 257 g/mol. The Balaban J connectivity index is 2.19. The maximum absolute atomic E-state index is 12.8. The van der Waals surface area contributed by atoms with E-state index in [1.807, 2.05) is 0 Å². The smallest absolute Gasteiger partial charge is 0.223 e. The van der Waals surface area contributed by atoms with E-state index in [0.717, 1.165) is 0 Å². The number of amides is 1. The van der Waals surface area contributed by atoms with Crippen LogP contribution in [0, 0.1) is 5.82 Å². The molecule has 0 aliphatic carbocycles. The highest BCUT2D eigenvalue weighted by Gasteiger charge is 2.06. The summed E-state index contributed by atoms with van der Waals surface area (Å²) in [5.74, 6) is -0.347. The fraction of sp³-hybridized carbons (Fsp3) is 0.417. The fourth-order valence-corrected chi connectivity index (χ4v) is 1.20. The van der Waals surface area contributed by atoms with Gasteiger partial charge in [0.1, 0.15) is 11.6 Å². The third kappa shape index (κ3) is 5.60. The van der Waals surface area contributed by atoms with Crippen molar-refractivity contribution < 1.29 is 24.1 Å². The first-order valence-electron chi connectivity index (χ1n) is 5.56. The minimum atomic E-state index is -0.960. The number of carbonyl (C=O) groups is 1. The molecule has 6 heteroatoms. The Kier molecular flexibility index (Phi) is 6.10. The summed E-state index contributed by atoms with van der Waals surface area (Å²) >= 11 is 0. The third-order valence-electron chi connectivity index (χ3n) is 2.14. The highest BCUT2D eigenvalue weighted by molar-refractivity contribution is 5.76. The number of benzene rings is 1. The molecular formula is C12H16FNO4. The molecule has 0 aliphatic heterocycles. The number of aliphatic hydroxyl groups excluding tert-OH is 2. The zero-order chi connectivity index (χ0) is 13.4. The quantitative estimate of drug-likeness (QED) is 0.645. The molecule has 5 nitrogen and oxygen atoms in total. The summed E-state index contributed by atoms with van der Waals surface area (Å²) in [6.07, 6.45) is -0.868. The van der Waals surface area contributed by atoms with E-state index in [-0.39, 0.29) is 25.5 Å². The van der Waals surface area contributed by atoms with Crippen LogP contribution >= 0.6 is 0 Å². The van der Waals surface area contributed by atoms with E-state index in [4.69, 9.17) is 14.9 Å². The average Bonchev–Trinajstić information content (AvgIpc) is 2.36. The third-order valence-corrected chi connectivity index (χ3v) is 2.14. The van der Waals surface area contributed by atoms with Crippen LogP contribution in [-0.4, -0.2) is 42.0 Å². The molecule has 0 saturated carbocycles. The normalized spacial score (nSPS) is 11.9. The summed E-state index contributed by atoms with van der Waals surface area (Å²) in [5, 5.41) is 20.0. The number of rotatable bonds is 7. The molecule has 0 radical (unpaired) electrons. The largest absolute Gasteiger partial charge is 0.493 e. The molecule has 0 saturated heterocycles. The number of hydrogen-bond acceptors (Lipinski definition) is 4. The van der Waals surface area contributed by atoms with Crippen LogP contribution in [0.4, 0.5) is 4.39 Å². The van der Waals surface area contributed by atoms with Crippen molar-refractivity contribution in [2.75, 3.05) is 19.8 Å². The highest BCUT2D eigenvalue weighted by Crippen LogP contribution is 2.11. The molecule has 0 aromatic heterocycles. The molecule has 18 heavy (non-hydrogen) atoms. The topological polar surface area (TPSA) is 78.8 Å². The molecule has 1 amide bonds. The molecule has 3 N–H and O–H groups in total. The van der Waals surface area contributed by atoms with Gasteiger partial charge in [-0.15, -0.1) is 0 Å². The molecule has 0 spiro atoms. The molecule has 0 heterocycles. The molecule has 100 valence electrons. The predicted octanol–water partition coefficient (Wildman–Crippen LogP) is 0.0640. The number of ether oxygens (including phenoxy) is 1. The van der Waals surface area contributed by atoms with Crippen LogP contribution in [0.3, 0.4) is 0 Å². The fourth-order valence-electron chi connectivity index (χ4n) is 1.20. The van der Waals surface area contributed by atoms with E-state index in [1.54, 1.807) is 6.07 Å². The molecule has 0 fully saturated rings. The second kappa shape index (κ2) is 7.62. The Morgan fingerprint density at radius 2 is 2.28 bits per heavy atom. The van der Waals surface area contributed by atoms with Crippen molar-refractivity contribution in [2.45, 2.75) is 12.5 Å². The maximum Gasteiger partial charge on any atom is 0.223 e. The van der Waals surface area contributed by atoms with E-state index in [1.165, 1.54) is 18.2 Å². The standard InChI is InChI=1S/C12H16FNO4/c13-9-2-1-3-11(6-9)18-5-4-12(17)14-7-10(16)8-15/h1-3,6,10,15-16H,4-5,7-8H2,(H,14,17). The van der Waals surface area contributed by atoms with Crippen LogP contribution < -0.4 is 10.1 Å². The lowest BCUT2D eigenvalue weighted by molar-refractivity contribution is -0.122. The van der Waals surface area contributed by atoms with Gasteiger partial charge in [0.05, 0.1) is 25.7 Å². The van der Waals surface area contributed by atoms with Crippen molar-refractivity contribution in [3.8, 4) is 5.75 Å². The van der Waals surface area contributed by atoms with Crippen molar-refractivity contribution in [1.29, 1.82) is 0 Å². The van der Waals surface area contributed by atoms with Gasteiger partial charge in [-0.2, -0.15) is 0 Å². The van der Waals surface area contributed by atoms with Crippen molar-refractivity contribution >= 4 is 5.91 Å². The molecule has 0 bridgehead atoms. The first-order valence-corrected chi connectivity index (χ1v) is 5.56. The molecule has 1 unspecified atom stereocenters. The van der Waals surface area contributed by atoms with Gasteiger partial charge in [0, 0.05) is 12.6 Å². The number of nitrogens with one attached hydrogen (secondary N) is 1. The van der Waals surface area contributed by atoms with Crippen molar-refractivity contribution in [3.63, 3.8) is 0 Å². The first kappa shape index (κ1) is 14.4. The number of hydrogen-bond donors (Lipinski definition) is 3. The van der Waals surface area contributed by atoms with Crippen LogP contribution in [0.25, 0.3) is 0 Å². The SMILES string of the molecule is O=C(CCOc1cccc(F)c1)NCC(O)CO. The lowest BCUT2D eigenvalue weighted by Crippen LogP contribution is -2.34. The Morgan fingerprint density at radius 1 is 1.50 bits per heavy atom. The van der Waals surface area contributed by atoms with Gasteiger partial charge < -0.3 is 20.3 Å². The summed E-state index contributed by atoms with van der Waals surface area (Å²) in [6.45, 7) is -0.292. The van der Waals surface area contributed by atoms with E-state index >= 15 is 0 Å². The van der Waals surface area contributed by atoms with Crippen molar-refractivity contribution in [2.24, 2.45) is 0 Å². The van der Waals surface area contributed by atoms with Gasteiger partial charge >= 0.3 is 0 Å². The summed E-state index contributed by atoms with van der Waals surface area (Å²) in [6, 6.07) is 5.64. The highest BCUT2D eigenvalue weighted by atomic mass is 19.1. The van der Waals surface area contributed by atoms with Crippen LogP contribution in [-0.2, 0) is 4.79 Å². The Morgan fingerprint density at radius 3 is 2.94 bits per heavy atom. The molecule has 1 aromatic rings. The Hall–Kier alpha value is -1.66. The lowest BCUT2D eigenvalue weighted by Gasteiger charge is -2.09. The lowest BCUT2D eigenvalue weighted by atomic mass is 10.3. The summed E-state index contributed by atoms with van der Waals surface area (Å²) in [5.41, 5.74) is 0. The van der Waals surface area contributed by atoms with Crippen LogP contribution in [0.15, 0.2) is 24.3 Å². The van der Waals surface area contributed by atoms with Gasteiger partial charge in [-0.1, -0.05) is 6.07 Å².